The summed E-state index contributed by atoms with van der Waals surface area (Å²) >= 11 is 5.90. The van der Waals surface area contributed by atoms with E-state index in [1.807, 2.05) is 30.3 Å². The summed E-state index contributed by atoms with van der Waals surface area (Å²) in [6.45, 7) is -0.0154. The molecular formula is C16H14ClNO3. The second-order valence-electron chi connectivity index (χ2n) is 4.31. The SMILES string of the molecule is O=C(CNC(=O)c1ccccc1Cl)OCc1ccccc1. The number of carbonyl (C=O) groups excluding carboxylic acids is 2. The Balaban J connectivity index is 1.79. The first-order valence-corrected chi connectivity index (χ1v) is 6.77. The summed E-state index contributed by atoms with van der Waals surface area (Å²) in [6, 6.07) is 16.0. The molecule has 0 bridgehead atoms. The molecule has 0 unspecified atom stereocenters. The number of esters is 1. The van der Waals surface area contributed by atoms with Crippen molar-refractivity contribution in [2.24, 2.45) is 0 Å². The van der Waals surface area contributed by atoms with E-state index in [1.165, 1.54) is 0 Å². The van der Waals surface area contributed by atoms with Gasteiger partial charge in [0, 0.05) is 0 Å². The zero-order valence-corrected chi connectivity index (χ0v) is 12.0. The molecule has 0 atom stereocenters. The van der Waals surface area contributed by atoms with Gasteiger partial charge in [0.05, 0.1) is 10.6 Å². The van der Waals surface area contributed by atoms with Crippen LogP contribution in [0.3, 0.4) is 0 Å². The monoisotopic (exact) mass is 303 g/mol. The average molecular weight is 304 g/mol. The highest BCUT2D eigenvalue weighted by Crippen LogP contribution is 2.14. The molecule has 2 rings (SSSR count). The van der Waals surface area contributed by atoms with Crippen LogP contribution in [0.2, 0.25) is 5.02 Å². The van der Waals surface area contributed by atoms with Crippen LogP contribution in [-0.4, -0.2) is 18.4 Å². The summed E-state index contributed by atoms with van der Waals surface area (Å²) < 4.78 is 5.06. The molecule has 0 aromatic heterocycles. The molecule has 0 aliphatic rings. The zero-order chi connectivity index (χ0) is 15.1. The number of amides is 1. The van der Waals surface area contributed by atoms with Gasteiger partial charge >= 0.3 is 5.97 Å². The van der Waals surface area contributed by atoms with Crippen LogP contribution in [-0.2, 0) is 16.1 Å². The van der Waals surface area contributed by atoms with Crippen LogP contribution in [0.25, 0.3) is 0 Å². The maximum absolute atomic E-state index is 11.8. The van der Waals surface area contributed by atoms with Crippen molar-refractivity contribution in [1.29, 1.82) is 0 Å². The third kappa shape index (κ3) is 4.61. The van der Waals surface area contributed by atoms with Gasteiger partial charge in [0.1, 0.15) is 13.2 Å². The normalized spacial score (nSPS) is 9.95. The second kappa shape index (κ2) is 7.45. The Bertz CT molecular complexity index is 628. The lowest BCUT2D eigenvalue weighted by Crippen LogP contribution is -2.30. The van der Waals surface area contributed by atoms with Crippen LogP contribution in [0, 0.1) is 0 Å². The molecule has 4 nitrogen and oxygen atoms in total. The lowest BCUT2D eigenvalue weighted by atomic mass is 10.2. The van der Waals surface area contributed by atoms with Crippen molar-refractivity contribution < 1.29 is 14.3 Å². The highest BCUT2D eigenvalue weighted by Gasteiger charge is 2.11. The van der Waals surface area contributed by atoms with E-state index in [9.17, 15) is 9.59 Å². The van der Waals surface area contributed by atoms with Crippen molar-refractivity contribution >= 4 is 23.5 Å². The molecule has 2 aromatic carbocycles. The fraction of sp³-hybridized carbons (Fsp3) is 0.125. The van der Waals surface area contributed by atoms with E-state index < -0.39 is 11.9 Å². The Morgan fingerprint density at radius 2 is 1.67 bits per heavy atom. The zero-order valence-electron chi connectivity index (χ0n) is 11.2. The van der Waals surface area contributed by atoms with E-state index in [2.05, 4.69) is 5.32 Å². The largest absolute Gasteiger partial charge is 0.460 e. The number of halogens is 1. The molecule has 21 heavy (non-hydrogen) atoms. The highest BCUT2D eigenvalue weighted by atomic mass is 35.5. The summed E-state index contributed by atoms with van der Waals surface area (Å²) in [5.74, 6) is -0.906. The van der Waals surface area contributed by atoms with Crippen molar-refractivity contribution in [1.82, 2.24) is 5.32 Å². The van der Waals surface area contributed by atoms with Crippen LogP contribution in [0.1, 0.15) is 15.9 Å². The summed E-state index contributed by atoms with van der Waals surface area (Å²) in [5, 5.41) is 2.82. The van der Waals surface area contributed by atoms with Gasteiger partial charge in [-0.25, -0.2) is 0 Å². The lowest BCUT2D eigenvalue weighted by Gasteiger charge is -2.07. The van der Waals surface area contributed by atoms with Crippen molar-refractivity contribution in [3.63, 3.8) is 0 Å². The molecule has 0 aliphatic heterocycles. The first-order chi connectivity index (χ1) is 10.2. The molecule has 1 N–H and O–H groups in total. The lowest BCUT2D eigenvalue weighted by molar-refractivity contribution is -0.143. The number of rotatable bonds is 5. The topological polar surface area (TPSA) is 55.4 Å². The fourth-order valence-corrected chi connectivity index (χ4v) is 1.90. The molecule has 0 radical (unpaired) electrons. The van der Waals surface area contributed by atoms with Gasteiger partial charge < -0.3 is 10.1 Å². The minimum Gasteiger partial charge on any atom is -0.460 e. The first-order valence-electron chi connectivity index (χ1n) is 6.39. The van der Waals surface area contributed by atoms with Crippen molar-refractivity contribution in [2.75, 3.05) is 6.54 Å². The maximum atomic E-state index is 11.8. The summed E-state index contributed by atoms with van der Waals surface area (Å²) in [5.41, 5.74) is 1.22. The molecule has 5 heteroatoms. The van der Waals surface area contributed by atoms with E-state index >= 15 is 0 Å². The first kappa shape index (κ1) is 15.1. The molecule has 0 aliphatic carbocycles. The third-order valence-corrected chi connectivity index (χ3v) is 3.08. The summed E-state index contributed by atoms with van der Waals surface area (Å²) in [6.07, 6.45) is 0. The smallest absolute Gasteiger partial charge is 0.325 e. The number of ether oxygens (including phenoxy) is 1. The number of hydrogen-bond donors (Lipinski definition) is 1. The molecular weight excluding hydrogens is 290 g/mol. The Hall–Kier alpha value is -2.33. The third-order valence-electron chi connectivity index (χ3n) is 2.75. The number of nitrogens with one attached hydrogen (secondary N) is 1. The van der Waals surface area contributed by atoms with Gasteiger partial charge in [0.25, 0.3) is 5.91 Å². The minimum absolute atomic E-state index is 0.182. The van der Waals surface area contributed by atoms with Crippen molar-refractivity contribution in [3.8, 4) is 0 Å². The van der Waals surface area contributed by atoms with Crippen molar-refractivity contribution in [2.45, 2.75) is 6.61 Å². The molecule has 1 amide bonds. The van der Waals surface area contributed by atoms with Gasteiger partial charge in [-0.05, 0) is 17.7 Å². The minimum atomic E-state index is -0.501. The van der Waals surface area contributed by atoms with E-state index in [4.69, 9.17) is 16.3 Å². The van der Waals surface area contributed by atoms with Gasteiger partial charge in [-0.3, -0.25) is 9.59 Å². The highest BCUT2D eigenvalue weighted by molar-refractivity contribution is 6.33. The molecule has 0 saturated heterocycles. The van der Waals surface area contributed by atoms with E-state index in [0.29, 0.717) is 10.6 Å². The Morgan fingerprint density at radius 3 is 2.38 bits per heavy atom. The maximum Gasteiger partial charge on any atom is 0.325 e. The molecule has 0 saturated carbocycles. The molecule has 108 valence electrons. The predicted molar refractivity (Wildman–Crippen MR) is 80.0 cm³/mol. The van der Waals surface area contributed by atoms with Crippen LogP contribution < -0.4 is 5.32 Å². The van der Waals surface area contributed by atoms with Gasteiger partial charge in [-0.1, -0.05) is 54.1 Å². The Labute approximate surface area is 127 Å². The summed E-state index contributed by atoms with van der Waals surface area (Å²) in [7, 11) is 0. The van der Waals surface area contributed by atoms with Gasteiger partial charge in [-0.2, -0.15) is 0 Å². The molecule has 0 heterocycles. The number of carbonyl (C=O) groups is 2. The van der Waals surface area contributed by atoms with E-state index in [1.54, 1.807) is 24.3 Å². The second-order valence-corrected chi connectivity index (χ2v) is 4.72. The fourth-order valence-electron chi connectivity index (χ4n) is 1.68. The van der Waals surface area contributed by atoms with Crippen molar-refractivity contribution in [3.05, 3.63) is 70.7 Å². The van der Waals surface area contributed by atoms with Gasteiger partial charge in [-0.15, -0.1) is 0 Å². The molecule has 0 fully saturated rings. The Kier molecular flexibility index (Phi) is 5.35. The van der Waals surface area contributed by atoms with Crippen LogP contribution in [0.5, 0.6) is 0 Å². The van der Waals surface area contributed by atoms with Crippen LogP contribution in [0.15, 0.2) is 54.6 Å². The quantitative estimate of drug-likeness (QED) is 0.864. The van der Waals surface area contributed by atoms with Gasteiger partial charge in [0.15, 0.2) is 0 Å². The summed E-state index contributed by atoms with van der Waals surface area (Å²) in [4.78, 5) is 23.4. The molecule has 0 spiro atoms. The van der Waals surface area contributed by atoms with Crippen LogP contribution in [0.4, 0.5) is 0 Å². The van der Waals surface area contributed by atoms with E-state index in [-0.39, 0.29) is 13.2 Å². The van der Waals surface area contributed by atoms with E-state index in [0.717, 1.165) is 5.56 Å². The van der Waals surface area contributed by atoms with Gasteiger partial charge in [0.2, 0.25) is 0 Å². The standard InChI is InChI=1S/C16H14ClNO3/c17-14-9-5-4-8-13(14)16(20)18-10-15(19)21-11-12-6-2-1-3-7-12/h1-9H,10-11H2,(H,18,20). The van der Waals surface area contributed by atoms with Crippen LogP contribution >= 0.6 is 11.6 Å². The number of hydrogen-bond acceptors (Lipinski definition) is 3. The molecule has 2 aromatic rings. The Morgan fingerprint density at radius 1 is 1.00 bits per heavy atom. The average Bonchev–Trinajstić information content (AvgIpc) is 2.52. The predicted octanol–water partition coefficient (Wildman–Crippen LogP) is 2.81. The number of benzene rings is 2.